The number of carbonyl (C=O) groups excluding carboxylic acids is 2. The van der Waals surface area contributed by atoms with Crippen molar-refractivity contribution in [2.45, 2.75) is 0 Å². The Labute approximate surface area is 140 Å². The third-order valence-corrected chi connectivity index (χ3v) is 5.63. The molecule has 1 aromatic carbocycles. The SMILES string of the molecule is C=CCS(=O)(=O)N1C(=O)CN(c2oc3ccccc3c2Br)C1=O. The van der Waals surface area contributed by atoms with Crippen molar-refractivity contribution < 1.29 is 22.4 Å². The molecule has 1 fully saturated rings. The Morgan fingerprint density at radius 2 is 2.00 bits per heavy atom. The van der Waals surface area contributed by atoms with Crippen molar-refractivity contribution in [3.05, 3.63) is 41.4 Å². The van der Waals surface area contributed by atoms with Crippen molar-refractivity contribution >= 4 is 54.7 Å². The van der Waals surface area contributed by atoms with Gasteiger partial charge in [-0.2, -0.15) is 4.31 Å². The molecule has 120 valence electrons. The molecule has 9 heteroatoms. The number of benzene rings is 1. The van der Waals surface area contributed by atoms with Gasteiger partial charge < -0.3 is 4.42 Å². The van der Waals surface area contributed by atoms with Crippen molar-refractivity contribution in [1.82, 2.24) is 4.31 Å². The Balaban J connectivity index is 2.05. The lowest BCUT2D eigenvalue weighted by Crippen LogP contribution is -2.39. The third kappa shape index (κ3) is 2.45. The van der Waals surface area contributed by atoms with Gasteiger partial charge in [0.2, 0.25) is 15.9 Å². The van der Waals surface area contributed by atoms with Crippen LogP contribution in [0, 0.1) is 0 Å². The number of hydrogen-bond acceptors (Lipinski definition) is 5. The Hall–Kier alpha value is -2.13. The first-order valence-corrected chi connectivity index (χ1v) is 8.92. The molecule has 0 unspecified atom stereocenters. The van der Waals surface area contributed by atoms with Crippen LogP contribution in [0.15, 0.2) is 45.8 Å². The molecule has 1 aromatic heterocycles. The lowest BCUT2D eigenvalue weighted by Gasteiger charge is -2.14. The summed E-state index contributed by atoms with van der Waals surface area (Å²) in [6.07, 6.45) is 1.12. The number of fused-ring (bicyclic) bond motifs is 1. The molecule has 1 saturated heterocycles. The fourth-order valence-corrected chi connectivity index (χ4v) is 4.09. The molecule has 0 aliphatic carbocycles. The normalized spacial score (nSPS) is 15.7. The first-order chi connectivity index (χ1) is 10.9. The molecule has 0 spiro atoms. The second kappa shape index (κ2) is 5.50. The van der Waals surface area contributed by atoms with Gasteiger partial charge in [-0.25, -0.2) is 13.2 Å². The molecule has 0 saturated carbocycles. The van der Waals surface area contributed by atoms with Crippen molar-refractivity contribution in [3.63, 3.8) is 0 Å². The Bertz CT molecular complexity index is 934. The van der Waals surface area contributed by atoms with Crippen molar-refractivity contribution in [3.8, 4) is 0 Å². The maximum Gasteiger partial charge on any atom is 0.348 e. The highest BCUT2D eigenvalue weighted by molar-refractivity contribution is 9.10. The highest BCUT2D eigenvalue weighted by atomic mass is 79.9. The molecular formula is C14H11BrN2O5S. The number of imide groups is 1. The average Bonchev–Trinajstić information content (AvgIpc) is 2.97. The summed E-state index contributed by atoms with van der Waals surface area (Å²) in [4.78, 5) is 25.4. The van der Waals surface area contributed by atoms with E-state index < -0.39 is 34.3 Å². The van der Waals surface area contributed by atoms with Crippen LogP contribution in [0.4, 0.5) is 10.7 Å². The molecule has 0 radical (unpaired) electrons. The summed E-state index contributed by atoms with van der Waals surface area (Å²) in [6.45, 7) is 2.91. The first kappa shape index (κ1) is 15.8. The smallest absolute Gasteiger partial charge is 0.348 e. The van der Waals surface area contributed by atoms with E-state index in [1.54, 1.807) is 24.3 Å². The van der Waals surface area contributed by atoms with E-state index in [0.717, 1.165) is 16.4 Å². The van der Waals surface area contributed by atoms with E-state index in [1.165, 1.54) is 0 Å². The summed E-state index contributed by atoms with van der Waals surface area (Å²) in [5, 5.41) is 0.718. The van der Waals surface area contributed by atoms with Crippen molar-refractivity contribution in [2.24, 2.45) is 0 Å². The van der Waals surface area contributed by atoms with E-state index in [9.17, 15) is 18.0 Å². The number of amides is 3. The lowest BCUT2D eigenvalue weighted by molar-refractivity contribution is -0.121. The van der Waals surface area contributed by atoms with Crippen molar-refractivity contribution in [1.29, 1.82) is 0 Å². The number of para-hydroxylation sites is 1. The summed E-state index contributed by atoms with van der Waals surface area (Å²) in [5.74, 6) is -1.23. The van der Waals surface area contributed by atoms with Crippen LogP contribution < -0.4 is 4.90 Å². The molecule has 1 aliphatic heterocycles. The van der Waals surface area contributed by atoms with E-state index in [0.29, 0.717) is 10.1 Å². The van der Waals surface area contributed by atoms with E-state index >= 15 is 0 Å². The fraction of sp³-hybridized carbons (Fsp3) is 0.143. The van der Waals surface area contributed by atoms with Crippen LogP contribution in [0.25, 0.3) is 11.0 Å². The largest absolute Gasteiger partial charge is 0.439 e. The van der Waals surface area contributed by atoms with Crippen LogP contribution >= 0.6 is 15.9 Å². The summed E-state index contributed by atoms with van der Waals surface area (Å²) in [6, 6.07) is 6.08. The number of furan rings is 1. The number of anilines is 1. The molecule has 0 atom stereocenters. The number of rotatable bonds is 4. The predicted molar refractivity (Wildman–Crippen MR) is 87.5 cm³/mol. The monoisotopic (exact) mass is 398 g/mol. The number of carbonyl (C=O) groups is 2. The fourth-order valence-electron chi connectivity index (χ4n) is 2.31. The molecule has 3 rings (SSSR count). The number of hydrogen-bond donors (Lipinski definition) is 0. The summed E-state index contributed by atoms with van der Waals surface area (Å²) < 4.78 is 30.4. The number of sulfonamides is 1. The Morgan fingerprint density at radius 1 is 1.30 bits per heavy atom. The standard InChI is InChI=1S/C14H11BrN2O5S/c1-2-7-23(20,21)17-11(18)8-16(14(17)19)13-12(15)9-5-3-4-6-10(9)22-13/h2-6H,1,7-8H2. The second-order valence-electron chi connectivity index (χ2n) is 4.81. The van der Waals surface area contributed by atoms with E-state index in [1.807, 2.05) is 0 Å². The number of urea groups is 1. The van der Waals surface area contributed by atoms with Gasteiger partial charge in [0, 0.05) is 5.39 Å². The minimum atomic E-state index is -4.07. The predicted octanol–water partition coefficient (Wildman–Crippen LogP) is 2.48. The molecule has 2 heterocycles. The molecular weight excluding hydrogens is 388 g/mol. The van der Waals surface area contributed by atoms with E-state index in [4.69, 9.17) is 4.42 Å². The third-order valence-electron chi connectivity index (χ3n) is 3.29. The van der Waals surface area contributed by atoms with E-state index in [-0.39, 0.29) is 10.2 Å². The maximum absolute atomic E-state index is 12.4. The van der Waals surface area contributed by atoms with Crippen LogP contribution in [0.1, 0.15) is 0 Å². The van der Waals surface area contributed by atoms with Gasteiger partial charge in [0.1, 0.15) is 12.1 Å². The van der Waals surface area contributed by atoms with Crippen LogP contribution in [-0.4, -0.2) is 37.0 Å². The highest BCUT2D eigenvalue weighted by Gasteiger charge is 2.45. The Kier molecular flexibility index (Phi) is 3.77. The van der Waals surface area contributed by atoms with Gasteiger partial charge in [0.15, 0.2) is 0 Å². The maximum atomic E-state index is 12.4. The highest BCUT2D eigenvalue weighted by Crippen LogP contribution is 2.38. The van der Waals surface area contributed by atoms with E-state index in [2.05, 4.69) is 22.5 Å². The second-order valence-corrected chi connectivity index (χ2v) is 7.47. The van der Waals surface area contributed by atoms with Gasteiger partial charge in [-0.3, -0.25) is 9.69 Å². The number of nitrogens with zero attached hydrogens (tertiary/aromatic N) is 2. The minimum Gasteiger partial charge on any atom is -0.439 e. The van der Waals surface area contributed by atoms with Crippen LogP contribution in [0.2, 0.25) is 0 Å². The zero-order valence-electron chi connectivity index (χ0n) is 11.7. The molecule has 23 heavy (non-hydrogen) atoms. The molecule has 3 amide bonds. The van der Waals surface area contributed by atoms with Gasteiger partial charge >= 0.3 is 6.03 Å². The molecule has 7 nitrogen and oxygen atoms in total. The van der Waals surface area contributed by atoms with Gasteiger partial charge in [-0.1, -0.05) is 18.2 Å². The van der Waals surface area contributed by atoms with Crippen LogP contribution in [0.3, 0.4) is 0 Å². The zero-order valence-corrected chi connectivity index (χ0v) is 14.1. The van der Waals surface area contributed by atoms with Gasteiger partial charge in [0.05, 0.1) is 10.2 Å². The quantitative estimate of drug-likeness (QED) is 0.582. The first-order valence-electron chi connectivity index (χ1n) is 6.52. The summed E-state index contributed by atoms with van der Waals surface area (Å²) in [7, 11) is -4.07. The van der Waals surface area contributed by atoms with Gasteiger partial charge in [0.25, 0.3) is 5.91 Å². The lowest BCUT2D eigenvalue weighted by atomic mass is 10.2. The van der Waals surface area contributed by atoms with Gasteiger partial charge in [-0.15, -0.1) is 6.58 Å². The van der Waals surface area contributed by atoms with Crippen LogP contribution in [-0.2, 0) is 14.8 Å². The summed E-state index contributed by atoms with van der Waals surface area (Å²) in [5.41, 5.74) is 0.516. The van der Waals surface area contributed by atoms with Gasteiger partial charge in [-0.05, 0) is 28.1 Å². The topological polar surface area (TPSA) is 87.9 Å². The number of halogens is 1. The Morgan fingerprint density at radius 3 is 2.65 bits per heavy atom. The van der Waals surface area contributed by atoms with Crippen molar-refractivity contribution in [2.75, 3.05) is 17.2 Å². The average molecular weight is 399 g/mol. The zero-order chi connectivity index (χ0) is 16.8. The molecule has 0 bridgehead atoms. The minimum absolute atomic E-state index is 0.0980. The molecule has 0 N–H and O–H groups in total. The molecule has 2 aromatic rings. The molecule has 1 aliphatic rings. The summed E-state index contributed by atoms with van der Waals surface area (Å²) >= 11 is 3.33. The van der Waals surface area contributed by atoms with Crippen LogP contribution in [0.5, 0.6) is 0 Å².